The van der Waals surface area contributed by atoms with E-state index < -0.39 is 10.0 Å². The maximum Gasteiger partial charge on any atom is 0.211 e. The minimum absolute atomic E-state index is 0. The van der Waals surface area contributed by atoms with Crippen LogP contribution in [0.15, 0.2) is 21.8 Å². The Balaban J connectivity index is 0.00000441. The summed E-state index contributed by atoms with van der Waals surface area (Å²) in [5.41, 5.74) is 1.30. The van der Waals surface area contributed by atoms with Crippen molar-refractivity contribution in [3.05, 3.63) is 22.4 Å². The van der Waals surface area contributed by atoms with Crippen LogP contribution in [0.25, 0.3) is 0 Å². The molecule has 1 aromatic rings. The summed E-state index contributed by atoms with van der Waals surface area (Å²) < 4.78 is 25.1. The fraction of sp³-hybridized carbons (Fsp3) is 0.615. The van der Waals surface area contributed by atoms with Gasteiger partial charge in [0, 0.05) is 26.7 Å². The highest BCUT2D eigenvalue weighted by atomic mass is 127. The average molecular weight is 460 g/mol. The molecule has 0 fully saturated rings. The third kappa shape index (κ3) is 8.30. The summed E-state index contributed by atoms with van der Waals surface area (Å²) in [6.45, 7) is 5.37. The van der Waals surface area contributed by atoms with Crippen LogP contribution >= 0.6 is 35.3 Å². The van der Waals surface area contributed by atoms with Gasteiger partial charge in [0.15, 0.2) is 5.96 Å². The number of sulfonamides is 1. The monoisotopic (exact) mass is 460 g/mol. The van der Waals surface area contributed by atoms with Crippen LogP contribution in [0.3, 0.4) is 0 Å². The molecule has 0 saturated carbocycles. The predicted molar refractivity (Wildman–Crippen MR) is 105 cm³/mol. The van der Waals surface area contributed by atoms with Gasteiger partial charge in [-0.3, -0.25) is 4.99 Å². The molecule has 22 heavy (non-hydrogen) atoms. The van der Waals surface area contributed by atoms with Crippen LogP contribution < -0.4 is 15.4 Å². The molecule has 0 aliphatic heterocycles. The van der Waals surface area contributed by atoms with Crippen LogP contribution in [-0.2, 0) is 10.0 Å². The number of nitrogens with one attached hydrogen (secondary N) is 3. The number of rotatable bonds is 8. The van der Waals surface area contributed by atoms with E-state index in [1.165, 1.54) is 5.56 Å². The standard InChI is InChI=1S/C13H24N4O2S2.HI/c1-4-21(18,19)17-7-6-15-13(14-3)16-9-11(2)12-5-8-20-10-12;/h5,8,10-11,17H,4,6-7,9H2,1-3H3,(H2,14,15,16);1H. The lowest BCUT2D eigenvalue weighted by Gasteiger charge is -2.15. The van der Waals surface area contributed by atoms with Gasteiger partial charge in [0.25, 0.3) is 0 Å². The minimum atomic E-state index is -3.13. The summed E-state index contributed by atoms with van der Waals surface area (Å²) in [6.07, 6.45) is 0. The quantitative estimate of drug-likeness (QED) is 0.238. The second kappa shape index (κ2) is 11.2. The number of aliphatic imine (C=N–C) groups is 1. The van der Waals surface area contributed by atoms with Crippen LogP contribution in [-0.4, -0.2) is 46.8 Å². The van der Waals surface area contributed by atoms with Crippen molar-refractivity contribution < 1.29 is 8.42 Å². The van der Waals surface area contributed by atoms with Crippen molar-refractivity contribution in [2.75, 3.05) is 32.4 Å². The second-order valence-corrected chi connectivity index (χ2v) is 7.51. The molecule has 9 heteroatoms. The molecule has 3 N–H and O–H groups in total. The maximum absolute atomic E-state index is 11.3. The molecule has 0 aliphatic carbocycles. The van der Waals surface area contributed by atoms with Crippen LogP contribution in [0.2, 0.25) is 0 Å². The van der Waals surface area contributed by atoms with Gasteiger partial charge in [-0.2, -0.15) is 11.3 Å². The van der Waals surface area contributed by atoms with E-state index in [2.05, 4.69) is 44.1 Å². The molecule has 0 aliphatic rings. The molecule has 0 aromatic carbocycles. The van der Waals surface area contributed by atoms with E-state index in [4.69, 9.17) is 0 Å². The smallest absolute Gasteiger partial charge is 0.211 e. The molecule has 1 aromatic heterocycles. The molecule has 0 amide bonds. The summed E-state index contributed by atoms with van der Waals surface area (Å²) in [5, 5.41) is 10.5. The Labute approximate surface area is 154 Å². The van der Waals surface area contributed by atoms with E-state index >= 15 is 0 Å². The number of nitrogens with zero attached hydrogens (tertiary/aromatic N) is 1. The summed E-state index contributed by atoms with van der Waals surface area (Å²) in [7, 11) is -1.43. The van der Waals surface area contributed by atoms with Gasteiger partial charge in [0.1, 0.15) is 0 Å². The number of halogens is 1. The third-order valence-electron chi connectivity index (χ3n) is 3.03. The number of thiophene rings is 1. The summed E-state index contributed by atoms with van der Waals surface area (Å²) in [4.78, 5) is 4.12. The lowest BCUT2D eigenvalue weighted by Crippen LogP contribution is -2.42. The number of hydrogen-bond donors (Lipinski definition) is 3. The Morgan fingerprint density at radius 2 is 2.09 bits per heavy atom. The molecule has 1 rings (SSSR count). The zero-order chi connectivity index (χ0) is 15.7. The first-order chi connectivity index (χ1) is 9.98. The van der Waals surface area contributed by atoms with Crippen molar-refractivity contribution >= 4 is 51.3 Å². The number of guanidine groups is 1. The Morgan fingerprint density at radius 1 is 1.36 bits per heavy atom. The van der Waals surface area contributed by atoms with Gasteiger partial charge in [0.05, 0.1) is 5.75 Å². The van der Waals surface area contributed by atoms with Crippen LogP contribution in [0, 0.1) is 0 Å². The van der Waals surface area contributed by atoms with Crippen molar-refractivity contribution in [3.63, 3.8) is 0 Å². The van der Waals surface area contributed by atoms with Crippen LogP contribution in [0.1, 0.15) is 25.3 Å². The van der Waals surface area contributed by atoms with E-state index in [1.807, 2.05) is 0 Å². The van der Waals surface area contributed by atoms with E-state index in [-0.39, 0.29) is 29.7 Å². The molecule has 0 bridgehead atoms. The predicted octanol–water partition coefficient (Wildman–Crippen LogP) is 1.57. The van der Waals surface area contributed by atoms with Gasteiger partial charge in [-0.25, -0.2) is 13.1 Å². The topological polar surface area (TPSA) is 82.6 Å². The Kier molecular flexibility index (Phi) is 11.0. The molecule has 1 heterocycles. The van der Waals surface area contributed by atoms with E-state index in [1.54, 1.807) is 25.3 Å². The van der Waals surface area contributed by atoms with Crippen molar-refractivity contribution in [1.82, 2.24) is 15.4 Å². The molecule has 1 atom stereocenters. The second-order valence-electron chi connectivity index (χ2n) is 4.64. The van der Waals surface area contributed by atoms with Gasteiger partial charge in [0.2, 0.25) is 10.0 Å². The molecule has 1 unspecified atom stereocenters. The fourth-order valence-corrected chi connectivity index (χ4v) is 3.03. The van der Waals surface area contributed by atoms with Gasteiger partial charge >= 0.3 is 0 Å². The highest BCUT2D eigenvalue weighted by molar-refractivity contribution is 14.0. The van der Waals surface area contributed by atoms with Crippen molar-refractivity contribution in [2.24, 2.45) is 4.99 Å². The summed E-state index contributed by atoms with van der Waals surface area (Å²) in [6, 6.07) is 2.12. The van der Waals surface area contributed by atoms with Gasteiger partial charge < -0.3 is 10.6 Å². The first kappa shape index (κ1) is 21.6. The zero-order valence-electron chi connectivity index (χ0n) is 13.1. The SMILES string of the molecule is CCS(=O)(=O)NCCNC(=NC)NCC(C)c1ccsc1.I. The molecular weight excluding hydrogens is 435 g/mol. The van der Waals surface area contributed by atoms with Gasteiger partial charge in [-0.1, -0.05) is 6.92 Å². The minimum Gasteiger partial charge on any atom is -0.356 e. The Morgan fingerprint density at radius 3 is 2.64 bits per heavy atom. The molecule has 0 radical (unpaired) electrons. The maximum atomic E-state index is 11.3. The molecule has 128 valence electrons. The Hall–Kier alpha value is -0.390. The van der Waals surface area contributed by atoms with Gasteiger partial charge in [-0.15, -0.1) is 24.0 Å². The molecule has 0 saturated heterocycles. The van der Waals surface area contributed by atoms with Crippen molar-refractivity contribution in [3.8, 4) is 0 Å². The fourth-order valence-electron chi connectivity index (χ4n) is 1.63. The Bertz CT molecular complexity index is 532. The zero-order valence-corrected chi connectivity index (χ0v) is 17.1. The van der Waals surface area contributed by atoms with Crippen molar-refractivity contribution in [2.45, 2.75) is 19.8 Å². The molecule has 0 spiro atoms. The van der Waals surface area contributed by atoms with Crippen molar-refractivity contribution in [1.29, 1.82) is 0 Å². The molecule has 6 nitrogen and oxygen atoms in total. The number of hydrogen-bond acceptors (Lipinski definition) is 4. The lowest BCUT2D eigenvalue weighted by atomic mass is 10.1. The van der Waals surface area contributed by atoms with E-state index in [0.29, 0.717) is 25.0 Å². The van der Waals surface area contributed by atoms with Gasteiger partial charge in [-0.05, 0) is 35.2 Å². The first-order valence-electron chi connectivity index (χ1n) is 6.92. The highest BCUT2D eigenvalue weighted by Gasteiger charge is 2.07. The molecular formula is C13H25IN4O2S2. The first-order valence-corrected chi connectivity index (χ1v) is 9.52. The summed E-state index contributed by atoms with van der Waals surface area (Å²) in [5.74, 6) is 1.17. The normalized spacial score (nSPS) is 13.3. The largest absolute Gasteiger partial charge is 0.356 e. The average Bonchev–Trinajstić information content (AvgIpc) is 3.00. The third-order valence-corrected chi connectivity index (χ3v) is 5.14. The highest BCUT2D eigenvalue weighted by Crippen LogP contribution is 2.16. The van der Waals surface area contributed by atoms with E-state index in [0.717, 1.165) is 6.54 Å². The van der Waals surface area contributed by atoms with Crippen LogP contribution in [0.4, 0.5) is 0 Å². The van der Waals surface area contributed by atoms with Crippen LogP contribution in [0.5, 0.6) is 0 Å². The summed E-state index contributed by atoms with van der Waals surface area (Å²) >= 11 is 1.69. The van der Waals surface area contributed by atoms with E-state index in [9.17, 15) is 8.42 Å². The lowest BCUT2D eigenvalue weighted by molar-refractivity contribution is 0.581.